The lowest BCUT2D eigenvalue weighted by molar-refractivity contribution is 0.0973. The van der Waals surface area contributed by atoms with Crippen molar-refractivity contribution in [2.75, 3.05) is 43.2 Å². The zero-order valence-electron chi connectivity index (χ0n) is 20.4. The van der Waals surface area contributed by atoms with E-state index in [1.807, 2.05) is 12.3 Å². The summed E-state index contributed by atoms with van der Waals surface area (Å²) in [5, 5.41) is 10.9. The second-order valence-electron chi connectivity index (χ2n) is 10.5. The molecule has 4 aliphatic rings. The van der Waals surface area contributed by atoms with E-state index in [1.165, 1.54) is 18.2 Å². The Kier molecular flexibility index (Phi) is 5.82. The Balaban J connectivity index is 1.19. The van der Waals surface area contributed by atoms with Gasteiger partial charge in [0.15, 0.2) is 17.4 Å². The van der Waals surface area contributed by atoms with Gasteiger partial charge >= 0.3 is 0 Å². The highest BCUT2D eigenvalue weighted by atomic mass is 32.2. The van der Waals surface area contributed by atoms with Gasteiger partial charge in [-0.3, -0.25) is 0 Å². The Bertz CT molecular complexity index is 1100. The van der Waals surface area contributed by atoms with Crippen LogP contribution in [0.1, 0.15) is 44.7 Å². The van der Waals surface area contributed by atoms with Crippen LogP contribution in [-0.4, -0.2) is 71.1 Å². The van der Waals surface area contributed by atoms with E-state index in [1.54, 1.807) is 6.20 Å². The Hall–Kier alpha value is -2.14. The third-order valence-electron chi connectivity index (χ3n) is 8.72. The molecule has 9 nitrogen and oxygen atoms in total. The van der Waals surface area contributed by atoms with Crippen LogP contribution in [0.4, 0.5) is 11.6 Å². The Labute approximate surface area is 210 Å². The Morgan fingerprint density at radius 3 is 2.63 bits per heavy atom. The molecule has 0 bridgehead atoms. The van der Waals surface area contributed by atoms with Crippen LogP contribution in [0, 0.1) is 5.41 Å². The predicted octanol–water partition coefficient (Wildman–Crippen LogP) is 2.60. The van der Waals surface area contributed by atoms with Gasteiger partial charge in [0.25, 0.3) is 0 Å². The maximum Gasteiger partial charge on any atom is 0.175 e. The molecule has 0 amide bonds. The number of anilines is 2. The van der Waals surface area contributed by atoms with E-state index in [2.05, 4.69) is 28.8 Å². The van der Waals surface area contributed by atoms with Crippen LogP contribution in [0.3, 0.4) is 0 Å². The molecule has 6 rings (SSSR count). The molecule has 2 spiro atoms. The predicted molar refractivity (Wildman–Crippen MR) is 134 cm³/mol. The topological polar surface area (TPSA) is 110 Å². The molecule has 0 unspecified atom stereocenters. The van der Waals surface area contributed by atoms with Gasteiger partial charge in [-0.2, -0.15) is 0 Å². The van der Waals surface area contributed by atoms with Crippen LogP contribution >= 0.6 is 11.8 Å². The van der Waals surface area contributed by atoms with Crippen molar-refractivity contribution in [2.24, 2.45) is 11.1 Å². The second kappa shape index (κ2) is 8.76. The largest absolute Gasteiger partial charge is 0.486 e. The number of hydrogen-bond donors (Lipinski definition) is 2. The fourth-order valence-corrected chi connectivity index (χ4v) is 6.90. The summed E-state index contributed by atoms with van der Waals surface area (Å²) in [6.45, 7) is 4.98. The highest BCUT2D eigenvalue weighted by Gasteiger charge is 2.48. The number of likely N-dealkylation sites (N-methyl/N-ethyl adjacent to an activating group) is 1. The average Bonchev–Trinajstić information content (AvgIpc) is 3.13. The van der Waals surface area contributed by atoms with Gasteiger partial charge < -0.3 is 30.1 Å². The molecule has 1 saturated carbocycles. The third-order valence-corrected chi connectivity index (χ3v) is 9.67. The minimum Gasteiger partial charge on any atom is -0.486 e. The van der Waals surface area contributed by atoms with Gasteiger partial charge in [-0.05, 0) is 45.1 Å². The monoisotopic (exact) mass is 498 g/mol. The molecule has 2 saturated heterocycles. The quantitative estimate of drug-likeness (QED) is 0.653. The van der Waals surface area contributed by atoms with E-state index in [9.17, 15) is 5.11 Å². The van der Waals surface area contributed by atoms with Gasteiger partial charge in [-0.1, -0.05) is 11.8 Å². The standard InChI is InChI=1S/C25H34N6O3S/c1-16-21(26)24(14-33-16)7-10-31(11-8-24)22-17(13-32)29-19(12-28-22)35-18-4-9-27-23-20(18)34-15-25(30(23)2)5-3-6-25/h4,9,12,16,21,32H,3,5-8,10-11,13-15,26H2,1-2H3/t16-,21+/m0/s1. The molecule has 0 radical (unpaired) electrons. The number of pyridine rings is 1. The number of nitrogens with zero attached hydrogens (tertiary/aromatic N) is 5. The van der Waals surface area contributed by atoms with E-state index < -0.39 is 0 Å². The van der Waals surface area contributed by atoms with Gasteiger partial charge in [0.1, 0.15) is 17.3 Å². The molecule has 2 aromatic heterocycles. The van der Waals surface area contributed by atoms with Crippen LogP contribution in [-0.2, 0) is 11.3 Å². The first-order valence-corrected chi connectivity index (χ1v) is 13.4. The van der Waals surface area contributed by atoms with E-state index in [0.29, 0.717) is 12.3 Å². The van der Waals surface area contributed by atoms with Gasteiger partial charge in [0.05, 0.1) is 35.9 Å². The highest BCUT2D eigenvalue weighted by Crippen LogP contribution is 2.49. The van der Waals surface area contributed by atoms with Crippen molar-refractivity contribution in [2.45, 2.75) is 73.2 Å². The summed E-state index contributed by atoms with van der Waals surface area (Å²) in [5.74, 6) is 2.45. The lowest BCUT2D eigenvalue weighted by Gasteiger charge is -2.51. The maximum absolute atomic E-state index is 10.1. The summed E-state index contributed by atoms with van der Waals surface area (Å²) >= 11 is 1.50. The molecule has 188 valence electrons. The normalized spacial score (nSPS) is 26.5. The first-order chi connectivity index (χ1) is 16.9. The number of ether oxygens (including phenoxy) is 2. The zero-order valence-corrected chi connectivity index (χ0v) is 21.3. The SMILES string of the molecule is C[C@@H]1OCC2(CCN(c3ncc(Sc4ccnc5c4OCC4(CCC4)N5C)nc3CO)CC2)[C@@H]1N. The molecule has 1 aliphatic carbocycles. The van der Waals surface area contributed by atoms with Crippen molar-refractivity contribution < 1.29 is 14.6 Å². The molecular formula is C25H34N6O3S. The number of hydrogen-bond acceptors (Lipinski definition) is 10. The lowest BCUT2D eigenvalue weighted by Crippen LogP contribution is -2.58. The summed E-state index contributed by atoms with van der Waals surface area (Å²) in [5.41, 5.74) is 7.21. The van der Waals surface area contributed by atoms with Crippen LogP contribution in [0.15, 0.2) is 28.4 Å². The number of nitrogens with two attached hydrogens (primary N) is 1. The smallest absolute Gasteiger partial charge is 0.175 e. The molecule has 5 heterocycles. The highest BCUT2D eigenvalue weighted by molar-refractivity contribution is 7.99. The third kappa shape index (κ3) is 3.77. The van der Waals surface area contributed by atoms with Gasteiger partial charge in [-0.15, -0.1) is 0 Å². The minimum atomic E-state index is -0.158. The van der Waals surface area contributed by atoms with Crippen molar-refractivity contribution in [1.29, 1.82) is 0 Å². The number of fused-ring (bicyclic) bond motifs is 1. The van der Waals surface area contributed by atoms with Gasteiger partial charge in [0, 0.05) is 37.8 Å². The first kappa shape index (κ1) is 23.3. The number of aliphatic hydroxyl groups is 1. The molecular weight excluding hydrogens is 464 g/mol. The summed E-state index contributed by atoms with van der Waals surface area (Å²) in [4.78, 5) is 19.6. The average molecular weight is 499 g/mol. The lowest BCUT2D eigenvalue weighted by atomic mass is 9.73. The fraction of sp³-hybridized carbons (Fsp3) is 0.640. The number of rotatable bonds is 4. The molecule has 3 fully saturated rings. The molecule has 2 aromatic rings. The van der Waals surface area contributed by atoms with Crippen LogP contribution in [0.5, 0.6) is 5.75 Å². The summed E-state index contributed by atoms with van der Waals surface area (Å²) < 4.78 is 12.1. The van der Waals surface area contributed by atoms with Crippen molar-refractivity contribution in [3.8, 4) is 5.75 Å². The first-order valence-electron chi connectivity index (χ1n) is 12.6. The number of aromatic nitrogens is 3. The van der Waals surface area contributed by atoms with Crippen LogP contribution in [0.25, 0.3) is 0 Å². The van der Waals surface area contributed by atoms with Crippen molar-refractivity contribution >= 4 is 23.4 Å². The fourth-order valence-electron chi connectivity index (χ4n) is 6.04. The maximum atomic E-state index is 10.1. The van der Waals surface area contributed by atoms with Gasteiger partial charge in [-0.25, -0.2) is 15.0 Å². The summed E-state index contributed by atoms with van der Waals surface area (Å²) in [6, 6.07) is 2.03. The van der Waals surface area contributed by atoms with E-state index in [4.69, 9.17) is 25.2 Å². The second-order valence-corrected chi connectivity index (χ2v) is 11.6. The van der Waals surface area contributed by atoms with Crippen molar-refractivity contribution in [1.82, 2.24) is 15.0 Å². The molecule has 10 heteroatoms. The number of piperidine rings is 1. The van der Waals surface area contributed by atoms with Crippen molar-refractivity contribution in [3.05, 3.63) is 24.2 Å². The van der Waals surface area contributed by atoms with Crippen molar-refractivity contribution in [3.63, 3.8) is 0 Å². The molecule has 0 aromatic carbocycles. The van der Waals surface area contributed by atoms with E-state index >= 15 is 0 Å². The minimum absolute atomic E-state index is 0.0458. The summed E-state index contributed by atoms with van der Waals surface area (Å²) in [6.07, 6.45) is 9.16. The number of aliphatic hydroxyl groups excluding tert-OH is 1. The molecule has 35 heavy (non-hydrogen) atoms. The van der Waals surface area contributed by atoms with Crippen LogP contribution in [0.2, 0.25) is 0 Å². The van der Waals surface area contributed by atoms with E-state index in [0.717, 1.165) is 72.7 Å². The van der Waals surface area contributed by atoms with Gasteiger partial charge in [0.2, 0.25) is 0 Å². The summed E-state index contributed by atoms with van der Waals surface area (Å²) in [7, 11) is 2.12. The van der Waals surface area contributed by atoms with E-state index in [-0.39, 0.29) is 29.7 Å². The molecule has 2 atom stereocenters. The van der Waals surface area contributed by atoms with Crippen LogP contribution < -0.4 is 20.3 Å². The molecule has 3 N–H and O–H groups in total. The molecule has 3 aliphatic heterocycles. The zero-order chi connectivity index (χ0) is 24.2. The Morgan fingerprint density at radius 2 is 1.97 bits per heavy atom. The Morgan fingerprint density at radius 1 is 1.17 bits per heavy atom.